The van der Waals surface area contributed by atoms with E-state index in [1.165, 1.54) is 0 Å². The van der Waals surface area contributed by atoms with Crippen molar-refractivity contribution in [3.05, 3.63) is 76.0 Å². The van der Waals surface area contributed by atoms with E-state index < -0.39 is 0 Å². The SMILES string of the molecule is Cc1cc(C(=O)Nc2cc(Cl)cc(Cl)c2)nc(Nc2ccccc2)n1. The molecule has 2 N–H and O–H groups in total. The Balaban J connectivity index is 1.82. The first-order chi connectivity index (χ1) is 12.0. The van der Waals surface area contributed by atoms with Crippen molar-refractivity contribution in [2.45, 2.75) is 6.92 Å². The van der Waals surface area contributed by atoms with Gasteiger partial charge in [-0.15, -0.1) is 0 Å². The summed E-state index contributed by atoms with van der Waals surface area (Å²) < 4.78 is 0. The number of carbonyl (C=O) groups is 1. The molecule has 3 aromatic rings. The van der Waals surface area contributed by atoms with Crippen molar-refractivity contribution in [3.63, 3.8) is 0 Å². The highest BCUT2D eigenvalue weighted by Crippen LogP contribution is 2.23. The van der Waals surface area contributed by atoms with E-state index in [-0.39, 0.29) is 11.6 Å². The van der Waals surface area contributed by atoms with Crippen molar-refractivity contribution < 1.29 is 4.79 Å². The van der Waals surface area contributed by atoms with Gasteiger partial charge in [-0.05, 0) is 43.3 Å². The minimum Gasteiger partial charge on any atom is -0.324 e. The fraction of sp³-hybridized carbons (Fsp3) is 0.0556. The van der Waals surface area contributed by atoms with Crippen molar-refractivity contribution in [3.8, 4) is 0 Å². The molecule has 1 aromatic heterocycles. The molecule has 1 heterocycles. The summed E-state index contributed by atoms with van der Waals surface area (Å²) in [5, 5.41) is 6.69. The van der Waals surface area contributed by atoms with Gasteiger partial charge in [-0.2, -0.15) is 0 Å². The zero-order chi connectivity index (χ0) is 17.8. The first kappa shape index (κ1) is 17.2. The molecule has 0 aliphatic rings. The van der Waals surface area contributed by atoms with E-state index in [0.717, 1.165) is 5.69 Å². The number of nitrogens with zero attached hydrogens (tertiary/aromatic N) is 2. The zero-order valence-corrected chi connectivity index (χ0v) is 14.8. The summed E-state index contributed by atoms with van der Waals surface area (Å²) >= 11 is 11.9. The van der Waals surface area contributed by atoms with Crippen LogP contribution in [0.15, 0.2) is 54.6 Å². The van der Waals surface area contributed by atoms with Crippen molar-refractivity contribution in [2.24, 2.45) is 0 Å². The lowest BCUT2D eigenvalue weighted by molar-refractivity contribution is 0.102. The van der Waals surface area contributed by atoms with Gasteiger partial charge in [0.05, 0.1) is 0 Å². The molecule has 0 radical (unpaired) electrons. The quantitative estimate of drug-likeness (QED) is 0.669. The van der Waals surface area contributed by atoms with E-state index in [4.69, 9.17) is 23.2 Å². The maximum absolute atomic E-state index is 12.5. The Morgan fingerprint density at radius 3 is 2.28 bits per heavy atom. The maximum atomic E-state index is 12.5. The molecule has 0 aliphatic heterocycles. The Labute approximate surface area is 155 Å². The average Bonchev–Trinajstić information content (AvgIpc) is 2.54. The lowest BCUT2D eigenvalue weighted by Gasteiger charge is -2.09. The number of carbonyl (C=O) groups excluding carboxylic acids is 1. The number of anilines is 3. The van der Waals surface area contributed by atoms with Crippen LogP contribution in [-0.2, 0) is 0 Å². The molecule has 0 atom stereocenters. The van der Waals surface area contributed by atoms with Crippen molar-refractivity contribution in [1.29, 1.82) is 0 Å². The van der Waals surface area contributed by atoms with Crippen molar-refractivity contribution in [1.82, 2.24) is 9.97 Å². The summed E-state index contributed by atoms with van der Waals surface area (Å²) in [7, 11) is 0. The second kappa shape index (κ2) is 7.51. The highest BCUT2D eigenvalue weighted by Gasteiger charge is 2.12. The summed E-state index contributed by atoms with van der Waals surface area (Å²) in [6.07, 6.45) is 0. The molecule has 0 spiro atoms. The minimum atomic E-state index is -0.375. The molecule has 0 aliphatic carbocycles. The van der Waals surface area contributed by atoms with Crippen LogP contribution in [0.25, 0.3) is 0 Å². The lowest BCUT2D eigenvalue weighted by Crippen LogP contribution is -2.15. The van der Waals surface area contributed by atoms with Crippen LogP contribution >= 0.6 is 23.2 Å². The van der Waals surface area contributed by atoms with Crippen LogP contribution in [-0.4, -0.2) is 15.9 Å². The van der Waals surface area contributed by atoms with E-state index in [1.807, 2.05) is 30.3 Å². The highest BCUT2D eigenvalue weighted by molar-refractivity contribution is 6.35. The average molecular weight is 373 g/mol. The van der Waals surface area contributed by atoms with Crippen LogP contribution in [0.3, 0.4) is 0 Å². The number of nitrogens with one attached hydrogen (secondary N) is 2. The van der Waals surface area contributed by atoms with E-state index in [9.17, 15) is 4.79 Å². The Morgan fingerprint density at radius 2 is 1.60 bits per heavy atom. The second-order valence-corrected chi connectivity index (χ2v) is 6.19. The second-order valence-electron chi connectivity index (χ2n) is 5.32. The number of aromatic nitrogens is 2. The van der Waals surface area contributed by atoms with Gasteiger partial charge in [0, 0.05) is 27.1 Å². The Kier molecular flexibility index (Phi) is 5.16. The van der Waals surface area contributed by atoms with Gasteiger partial charge < -0.3 is 10.6 Å². The molecule has 7 heteroatoms. The first-order valence-corrected chi connectivity index (χ1v) is 8.20. The Bertz CT molecular complexity index is 896. The van der Waals surface area contributed by atoms with Gasteiger partial charge in [0.1, 0.15) is 5.69 Å². The molecule has 0 unspecified atom stereocenters. The normalized spacial score (nSPS) is 10.4. The molecule has 126 valence electrons. The number of para-hydroxylation sites is 1. The molecule has 0 saturated carbocycles. The van der Waals surface area contributed by atoms with Crippen LogP contribution in [0.5, 0.6) is 0 Å². The van der Waals surface area contributed by atoms with E-state index in [0.29, 0.717) is 27.4 Å². The number of aryl methyl sites for hydroxylation is 1. The zero-order valence-electron chi connectivity index (χ0n) is 13.3. The molecule has 1 amide bonds. The smallest absolute Gasteiger partial charge is 0.274 e. The molecule has 2 aromatic carbocycles. The van der Waals surface area contributed by atoms with Gasteiger partial charge in [0.15, 0.2) is 0 Å². The summed E-state index contributed by atoms with van der Waals surface area (Å²) in [4.78, 5) is 21.1. The van der Waals surface area contributed by atoms with E-state index in [2.05, 4.69) is 20.6 Å². The topological polar surface area (TPSA) is 66.9 Å². The largest absolute Gasteiger partial charge is 0.324 e. The van der Waals surface area contributed by atoms with Gasteiger partial charge >= 0.3 is 0 Å². The number of hydrogen-bond acceptors (Lipinski definition) is 4. The Hall–Kier alpha value is -2.63. The first-order valence-electron chi connectivity index (χ1n) is 7.45. The van der Waals surface area contributed by atoms with Crippen LogP contribution in [0.4, 0.5) is 17.3 Å². The highest BCUT2D eigenvalue weighted by atomic mass is 35.5. The third-order valence-electron chi connectivity index (χ3n) is 3.24. The number of rotatable bonds is 4. The van der Waals surface area contributed by atoms with Gasteiger partial charge in [0.2, 0.25) is 5.95 Å². The van der Waals surface area contributed by atoms with Gasteiger partial charge in [-0.1, -0.05) is 41.4 Å². The fourth-order valence-electron chi connectivity index (χ4n) is 2.21. The number of benzene rings is 2. The summed E-state index contributed by atoms with van der Waals surface area (Å²) in [5.41, 5.74) is 2.24. The third kappa shape index (κ3) is 4.68. The number of amides is 1. The third-order valence-corrected chi connectivity index (χ3v) is 3.67. The van der Waals surface area contributed by atoms with Gasteiger partial charge in [-0.3, -0.25) is 4.79 Å². The molecular formula is C18H14Cl2N4O. The Morgan fingerprint density at radius 1 is 0.920 bits per heavy atom. The lowest BCUT2D eigenvalue weighted by atomic mass is 10.3. The minimum absolute atomic E-state index is 0.238. The molecular weight excluding hydrogens is 359 g/mol. The monoisotopic (exact) mass is 372 g/mol. The molecule has 3 rings (SSSR count). The number of halogens is 2. The standard InChI is InChI=1S/C18H14Cl2N4O/c1-11-7-16(17(25)22-15-9-12(19)8-13(20)10-15)24-18(21-11)23-14-5-3-2-4-6-14/h2-10H,1H3,(H,22,25)(H,21,23,24). The predicted molar refractivity (Wildman–Crippen MR) is 101 cm³/mol. The maximum Gasteiger partial charge on any atom is 0.274 e. The molecule has 0 fully saturated rings. The van der Waals surface area contributed by atoms with Gasteiger partial charge in [0.25, 0.3) is 5.91 Å². The van der Waals surface area contributed by atoms with Crippen molar-refractivity contribution >= 4 is 46.4 Å². The van der Waals surface area contributed by atoms with Crippen LogP contribution in [0.2, 0.25) is 10.0 Å². The van der Waals surface area contributed by atoms with Crippen LogP contribution in [0, 0.1) is 6.92 Å². The molecule has 0 bridgehead atoms. The predicted octanol–water partition coefficient (Wildman–Crippen LogP) is 5.09. The van der Waals surface area contributed by atoms with E-state index >= 15 is 0 Å². The van der Waals surface area contributed by atoms with Gasteiger partial charge in [-0.25, -0.2) is 9.97 Å². The molecule has 5 nitrogen and oxygen atoms in total. The van der Waals surface area contributed by atoms with E-state index in [1.54, 1.807) is 31.2 Å². The number of hydrogen-bond donors (Lipinski definition) is 2. The summed E-state index contributed by atoms with van der Waals surface area (Å²) in [6, 6.07) is 15.9. The summed E-state index contributed by atoms with van der Waals surface area (Å²) in [6.45, 7) is 1.80. The van der Waals surface area contributed by atoms with Crippen LogP contribution < -0.4 is 10.6 Å². The molecule has 0 saturated heterocycles. The summed E-state index contributed by atoms with van der Waals surface area (Å²) in [5.74, 6) is -0.0274. The van der Waals surface area contributed by atoms with Crippen molar-refractivity contribution in [2.75, 3.05) is 10.6 Å². The fourth-order valence-corrected chi connectivity index (χ4v) is 2.74. The van der Waals surface area contributed by atoms with Crippen LogP contribution in [0.1, 0.15) is 16.2 Å². The molecule has 25 heavy (non-hydrogen) atoms.